The van der Waals surface area contributed by atoms with E-state index in [-0.39, 0.29) is 28.7 Å². The van der Waals surface area contributed by atoms with Gasteiger partial charge < -0.3 is 10.2 Å². The smallest absolute Gasteiger partial charge is 0.270 e. The van der Waals surface area contributed by atoms with Crippen LogP contribution >= 0.6 is 27.5 Å². The third-order valence-corrected chi connectivity index (χ3v) is 5.80. The summed E-state index contributed by atoms with van der Waals surface area (Å²) in [4.78, 5) is 38.3. The highest BCUT2D eigenvalue weighted by atomic mass is 79.9. The van der Waals surface area contributed by atoms with Gasteiger partial charge in [-0.15, -0.1) is 0 Å². The Balaban J connectivity index is 1.90. The molecule has 31 heavy (non-hydrogen) atoms. The van der Waals surface area contributed by atoms with E-state index in [1.165, 1.54) is 17.0 Å². The average molecular weight is 501 g/mol. The molecular weight excluding hydrogens is 486 g/mol. The number of carbonyl (C=O) groups excluding carboxylic acids is 2. The Morgan fingerprint density at radius 1 is 1.13 bits per heavy atom. The van der Waals surface area contributed by atoms with Gasteiger partial charge in [-0.2, -0.15) is 0 Å². The predicted octanol–water partition coefficient (Wildman–Crippen LogP) is 5.19. The van der Waals surface area contributed by atoms with Gasteiger partial charge in [-0.05, 0) is 29.8 Å². The van der Waals surface area contributed by atoms with E-state index in [0.717, 1.165) is 16.1 Å². The lowest BCUT2D eigenvalue weighted by Crippen LogP contribution is -2.39. The van der Waals surface area contributed by atoms with E-state index < -0.39 is 16.9 Å². The number of carbonyl (C=O) groups is 2. The van der Waals surface area contributed by atoms with Crippen molar-refractivity contribution in [3.63, 3.8) is 0 Å². The Hall–Kier alpha value is -3.23. The summed E-state index contributed by atoms with van der Waals surface area (Å²) in [5, 5.41) is 14.1. The maximum Gasteiger partial charge on any atom is 0.270 e. The predicted molar refractivity (Wildman–Crippen MR) is 120 cm³/mol. The first-order valence-corrected chi connectivity index (χ1v) is 10.4. The van der Waals surface area contributed by atoms with Crippen molar-refractivity contribution in [3.05, 3.63) is 103 Å². The van der Waals surface area contributed by atoms with Crippen LogP contribution in [0.1, 0.15) is 27.5 Å². The molecule has 0 fully saturated rings. The molecule has 3 aromatic carbocycles. The number of hydrogen-bond donors (Lipinski definition) is 1. The number of rotatable bonds is 3. The first-order valence-electron chi connectivity index (χ1n) is 9.24. The zero-order valence-corrected chi connectivity index (χ0v) is 18.3. The zero-order valence-electron chi connectivity index (χ0n) is 15.9. The number of nitrogens with one attached hydrogen (secondary N) is 1. The molecule has 1 N–H and O–H groups in total. The maximum absolute atomic E-state index is 13.6. The molecule has 4 rings (SSSR count). The van der Waals surface area contributed by atoms with Crippen molar-refractivity contribution in [2.75, 3.05) is 11.9 Å². The lowest BCUT2D eigenvalue weighted by atomic mass is 9.95. The Morgan fingerprint density at radius 2 is 1.87 bits per heavy atom. The lowest BCUT2D eigenvalue weighted by molar-refractivity contribution is -0.384. The molecule has 3 aromatic rings. The van der Waals surface area contributed by atoms with Gasteiger partial charge in [-0.1, -0.05) is 57.9 Å². The lowest BCUT2D eigenvalue weighted by Gasteiger charge is -2.31. The number of amides is 2. The maximum atomic E-state index is 13.6. The van der Waals surface area contributed by atoms with Crippen molar-refractivity contribution in [1.29, 1.82) is 0 Å². The molecule has 0 spiro atoms. The minimum Gasteiger partial charge on any atom is -0.324 e. The fourth-order valence-corrected chi connectivity index (χ4v) is 4.18. The van der Waals surface area contributed by atoms with Gasteiger partial charge in [0.25, 0.3) is 11.6 Å². The van der Waals surface area contributed by atoms with Gasteiger partial charge in [0.2, 0.25) is 5.91 Å². The molecule has 0 radical (unpaired) electrons. The summed E-state index contributed by atoms with van der Waals surface area (Å²) < 4.78 is 0.782. The number of benzene rings is 3. The number of halogens is 2. The highest BCUT2D eigenvalue weighted by Gasteiger charge is 2.35. The molecule has 1 unspecified atom stereocenters. The molecule has 1 aliphatic rings. The molecular formula is C22H15BrClN3O4. The fraction of sp³-hybridized carbons (Fsp3) is 0.0909. The van der Waals surface area contributed by atoms with Crippen LogP contribution in [0.25, 0.3) is 0 Å². The molecule has 1 atom stereocenters. The number of nitro groups is 1. The van der Waals surface area contributed by atoms with Crippen molar-refractivity contribution in [2.45, 2.75) is 6.04 Å². The van der Waals surface area contributed by atoms with Gasteiger partial charge >= 0.3 is 0 Å². The second-order valence-corrected chi connectivity index (χ2v) is 8.27. The minimum atomic E-state index is -0.615. The molecule has 0 saturated carbocycles. The summed E-state index contributed by atoms with van der Waals surface area (Å²) >= 11 is 9.69. The first-order chi connectivity index (χ1) is 14.8. The van der Waals surface area contributed by atoms with Crippen LogP contribution in [0.2, 0.25) is 5.02 Å². The number of nitro benzene ring substituents is 1. The first kappa shape index (κ1) is 21.0. The number of hydrogen-bond acceptors (Lipinski definition) is 4. The summed E-state index contributed by atoms with van der Waals surface area (Å²) in [5.41, 5.74) is 1.78. The van der Waals surface area contributed by atoms with E-state index in [1.807, 2.05) is 36.4 Å². The van der Waals surface area contributed by atoms with Crippen molar-refractivity contribution in [2.24, 2.45) is 0 Å². The second-order valence-electron chi connectivity index (χ2n) is 6.95. The monoisotopic (exact) mass is 499 g/mol. The van der Waals surface area contributed by atoms with Crippen LogP contribution in [0.4, 0.5) is 11.4 Å². The van der Waals surface area contributed by atoms with Gasteiger partial charge in [-0.25, -0.2) is 0 Å². The summed E-state index contributed by atoms with van der Waals surface area (Å²) in [5.74, 6) is -0.956. The van der Waals surface area contributed by atoms with E-state index in [2.05, 4.69) is 21.2 Å². The van der Waals surface area contributed by atoms with Gasteiger partial charge in [0.05, 0.1) is 21.6 Å². The normalized spacial score (nSPS) is 15.6. The molecule has 1 aliphatic heterocycles. The highest BCUT2D eigenvalue weighted by molar-refractivity contribution is 9.10. The van der Waals surface area contributed by atoms with Crippen LogP contribution in [-0.2, 0) is 4.79 Å². The van der Waals surface area contributed by atoms with Gasteiger partial charge in [0.15, 0.2) is 0 Å². The van der Waals surface area contributed by atoms with Gasteiger partial charge in [0, 0.05) is 27.9 Å². The minimum absolute atomic E-state index is 0.0388. The van der Waals surface area contributed by atoms with E-state index >= 15 is 0 Å². The van der Waals surface area contributed by atoms with E-state index in [1.54, 1.807) is 12.1 Å². The third kappa shape index (κ3) is 4.17. The van der Waals surface area contributed by atoms with Gasteiger partial charge in [0.1, 0.15) is 6.54 Å². The van der Waals surface area contributed by atoms with E-state index in [4.69, 9.17) is 11.6 Å². The third-order valence-electron chi connectivity index (χ3n) is 4.98. The van der Waals surface area contributed by atoms with Crippen molar-refractivity contribution in [1.82, 2.24) is 4.90 Å². The summed E-state index contributed by atoms with van der Waals surface area (Å²) in [6, 6.07) is 17.7. The average Bonchev–Trinajstić information content (AvgIpc) is 2.89. The van der Waals surface area contributed by atoms with Crippen LogP contribution in [0.15, 0.2) is 71.2 Å². The molecule has 2 amide bonds. The Labute approximate surface area is 190 Å². The van der Waals surface area contributed by atoms with Crippen molar-refractivity contribution in [3.8, 4) is 0 Å². The Kier molecular flexibility index (Phi) is 5.75. The Morgan fingerprint density at radius 3 is 2.58 bits per heavy atom. The number of non-ortho nitro benzene ring substituents is 1. The molecule has 7 nitrogen and oxygen atoms in total. The molecule has 0 saturated heterocycles. The SMILES string of the molecule is O=C1CN(C(=O)c2cc([N+](=O)[O-])ccc2Cl)C(c2ccccc2)c2cc(Br)ccc2N1. The number of nitrogens with zero attached hydrogens (tertiary/aromatic N) is 2. The quantitative estimate of drug-likeness (QED) is 0.395. The molecule has 0 aliphatic carbocycles. The summed E-state index contributed by atoms with van der Waals surface area (Å²) in [7, 11) is 0. The molecule has 0 aromatic heterocycles. The molecule has 1 heterocycles. The highest BCUT2D eigenvalue weighted by Crippen LogP contribution is 2.38. The summed E-state index contributed by atoms with van der Waals surface area (Å²) in [6.07, 6.45) is 0. The number of fused-ring (bicyclic) bond motifs is 1. The molecule has 156 valence electrons. The molecule has 0 bridgehead atoms. The van der Waals surface area contributed by atoms with Crippen LogP contribution in [0.5, 0.6) is 0 Å². The molecule has 9 heteroatoms. The van der Waals surface area contributed by atoms with Crippen molar-refractivity contribution < 1.29 is 14.5 Å². The van der Waals surface area contributed by atoms with Crippen molar-refractivity contribution >= 4 is 50.7 Å². The van der Waals surface area contributed by atoms with E-state index in [9.17, 15) is 19.7 Å². The zero-order chi connectivity index (χ0) is 22.1. The van der Waals surface area contributed by atoms with Gasteiger partial charge in [-0.3, -0.25) is 19.7 Å². The topological polar surface area (TPSA) is 92.5 Å². The fourth-order valence-electron chi connectivity index (χ4n) is 3.61. The largest absolute Gasteiger partial charge is 0.324 e. The summed E-state index contributed by atoms with van der Waals surface area (Å²) in [6.45, 7) is -0.246. The number of anilines is 1. The van der Waals surface area contributed by atoms with Crippen LogP contribution in [-0.4, -0.2) is 28.2 Å². The second kappa shape index (κ2) is 8.49. The van der Waals surface area contributed by atoms with E-state index in [0.29, 0.717) is 11.3 Å². The van der Waals surface area contributed by atoms with Crippen LogP contribution in [0.3, 0.4) is 0 Å². The van der Waals surface area contributed by atoms with Crippen LogP contribution < -0.4 is 5.32 Å². The standard InChI is InChI=1S/C22H15BrClN3O4/c23-14-6-9-19-17(10-14)21(13-4-2-1-3-5-13)26(12-20(28)25-19)22(29)16-11-15(27(30)31)7-8-18(16)24/h1-11,21H,12H2,(H,25,28). The van der Waals surface area contributed by atoms with Crippen LogP contribution in [0, 0.1) is 10.1 Å². The Bertz CT molecular complexity index is 1200.